The average Bonchev–Trinajstić information content (AvgIpc) is 3.87. The van der Waals surface area contributed by atoms with Crippen molar-refractivity contribution in [1.29, 1.82) is 0 Å². The molecule has 3 heteroatoms. The van der Waals surface area contributed by atoms with Gasteiger partial charge in [0.2, 0.25) is 0 Å². The number of anilines is 3. The molecule has 0 atom stereocenters. The molecule has 0 bridgehead atoms. The van der Waals surface area contributed by atoms with E-state index in [0.29, 0.717) is 0 Å². The van der Waals surface area contributed by atoms with Crippen LogP contribution < -0.4 is 4.90 Å². The summed E-state index contributed by atoms with van der Waals surface area (Å²) in [5, 5.41) is 9.01. The van der Waals surface area contributed by atoms with Gasteiger partial charge in [0.1, 0.15) is 22.3 Å². The second-order valence-corrected chi connectivity index (χ2v) is 15.7. The lowest BCUT2D eigenvalue weighted by molar-refractivity contribution is 0.660. The minimum absolute atomic E-state index is 0.131. The van der Waals surface area contributed by atoms with Gasteiger partial charge in [0, 0.05) is 49.3 Å². The molecule has 1 aliphatic rings. The van der Waals surface area contributed by atoms with E-state index in [1.165, 1.54) is 43.8 Å². The van der Waals surface area contributed by atoms with Crippen molar-refractivity contribution in [3.63, 3.8) is 0 Å². The van der Waals surface area contributed by atoms with E-state index in [0.717, 1.165) is 72.1 Å². The maximum Gasteiger partial charge on any atom is 0.144 e. The molecule has 0 amide bonds. The molecular formula is C53H35NO2. The first-order valence-electron chi connectivity index (χ1n) is 19.3. The Kier molecular flexibility index (Phi) is 6.40. The van der Waals surface area contributed by atoms with Gasteiger partial charge in [0.15, 0.2) is 0 Å². The van der Waals surface area contributed by atoms with E-state index in [4.69, 9.17) is 8.83 Å². The van der Waals surface area contributed by atoms with Gasteiger partial charge in [-0.2, -0.15) is 0 Å². The summed E-state index contributed by atoms with van der Waals surface area (Å²) in [6.07, 6.45) is 0. The Bertz CT molecular complexity index is 3410. The lowest BCUT2D eigenvalue weighted by atomic mass is 9.82. The molecule has 0 unspecified atom stereocenters. The minimum Gasteiger partial charge on any atom is -0.456 e. The Morgan fingerprint density at radius 2 is 1.12 bits per heavy atom. The number of benzene rings is 9. The van der Waals surface area contributed by atoms with Gasteiger partial charge in [-0.3, -0.25) is 0 Å². The largest absolute Gasteiger partial charge is 0.456 e. The van der Waals surface area contributed by atoms with Crippen molar-refractivity contribution in [1.82, 2.24) is 0 Å². The number of hydrogen-bond donors (Lipinski definition) is 0. The zero-order valence-corrected chi connectivity index (χ0v) is 31.0. The van der Waals surface area contributed by atoms with Crippen LogP contribution >= 0.6 is 0 Å². The first kappa shape index (κ1) is 31.3. The fraction of sp³-hybridized carbons (Fsp3) is 0.0566. The van der Waals surface area contributed by atoms with Crippen molar-refractivity contribution < 1.29 is 8.83 Å². The van der Waals surface area contributed by atoms with Crippen molar-refractivity contribution in [2.45, 2.75) is 19.3 Å². The van der Waals surface area contributed by atoms with Crippen LogP contribution in [-0.2, 0) is 5.41 Å². The van der Waals surface area contributed by atoms with Gasteiger partial charge in [0.05, 0.1) is 5.69 Å². The van der Waals surface area contributed by atoms with E-state index in [1.807, 2.05) is 6.07 Å². The van der Waals surface area contributed by atoms with Crippen LogP contribution in [0.2, 0.25) is 0 Å². The summed E-state index contributed by atoms with van der Waals surface area (Å²) in [5.74, 6) is 0. The van der Waals surface area contributed by atoms with E-state index in [2.05, 4.69) is 189 Å². The quantitative estimate of drug-likeness (QED) is 0.182. The average molecular weight is 718 g/mol. The summed E-state index contributed by atoms with van der Waals surface area (Å²) in [6.45, 7) is 4.69. The van der Waals surface area contributed by atoms with Crippen LogP contribution in [0.4, 0.5) is 17.1 Å². The Hall–Kier alpha value is -7.10. The first-order valence-corrected chi connectivity index (χ1v) is 19.3. The van der Waals surface area contributed by atoms with Crippen LogP contribution in [0.1, 0.15) is 25.0 Å². The molecule has 2 aromatic heterocycles. The smallest absolute Gasteiger partial charge is 0.144 e. The van der Waals surface area contributed by atoms with E-state index >= 15 is 0 Å². The zero-order valence-electron chi connectivity index (χ0n) is 31.0. The Morgan fingerprint density at radius 3 is 2.04 bits per heavy atom. The number of nitrogens with zero attached hydrogens (tertiary/aromatic N) is 1. The van der Waals surface area contributed by atoms with Gasteiger partial charge in [-0.15, -0.1) is 0 Å². The van der Waals surface area contributed by atoms with Crippen molar-refractivity contribution in [3.05, 3.63) is 187 Å². The molecule has 9 aromatic carbocycles. The molecule has 0 N–H and O–H groups in total. The molecule has 12 rings (SSSR count). The van der Waals surface area contributed by atoms with Crippen LogP contribution in [0.25, 0.3) is 87.7 Å². The number of hydrogen-bond acceptors (Lipinski definition) is 3. The lowest BCUT2D eigenvalue weighted by Crippen LogP contribution is -2.16. The van der Waals surface area contributed by atoms with Crippen LogP contribution in [0.5, 0.6) is 0 Å². The zero-order chi connectivity index (χ0) is 37.1. The molecule has 0 aliphatic heterocycles. The van der Waals surface area contributed by atoms with E-state index < -0.39 is 0 Å². The molecule has 264 valence electrons. The lowest BCUT2D eigenvalue weighted by Gasteiger charge is -2.29. The van der Waals surface area contributed by atoms with Gasteiger partial charge in [-0.1, -0.05) is 135 Å². The molecule has 0 radical (unpaired) electrons. The topological polar surface area (TPSA) is 29.5 Å². The van der Waals surface area contributed by atoms with Gasteiger partial charge in [0.25, 0.3) is 0 Å². The van der Waals surface area contributed by atoms with Crippen LogP contribution in [-0.4, -0.2) is 0 Å². The molecule has 3 nitrogen and oxygen atoms in total. The van der Waals surface area contributed by atoms with Gasteiger partial charge in [-0.05, 0) is 98.6 Å². The Labute approximate surface area is 323 Å². The normalized spacial score (nSPS) is 13.3. The second-order valence-electron chi connectivity index (χ2n) is 15.7. The Balaban J connectivity index is 1.13. The monoisotopic (exact) mass is 717 g/mol. The third-order valence-corrected chi connectivity index (χ3v) is 12.2. The van der Waals surface area contributed by atoms with Gasteiger partial charge < -0.3 is 13.7 Å². The van der Waals surface area contributed by atoms with E-state index in [1.54, 1.807) is 0 Å². The van der Waals surface area contributed by atoms with Crippen molar-refractivity contribution in [2.75, 3.05) is 4.90 Å². The fourth-order valence-corrected chi connectivity index (χ4v) is 9.52. The SMILES string of the molecule is CC1(C)c2ccccc2-c2ccc(N(c3ccc4oc5c(-c6ccc7ccccc7c6)c6c(cc5c4c3)oc3ccccc36)c3cccc4ccccc34)cc21. The highest BCUT2D eigenvalue weighted by atomic mass is 16.3. The van der Waals surface area contributed by atoms with Crippen molar-refractivity contribution in [2.24, 2.45) is 0 Å². The minimum atomic E-state index is -0.131. The molecule has 0 saturated carbocycles. The van der Waals surface area contributed by atoms with Gasteiger partial charge in [-0.25, -0.2) is 0 Å². The number of rotatable bonds is 4. The van der Waals surface area contributed by atoms with Crippen LogP contribution in [0, 0.1) is 0 Å². The molecule has 56 heavy (non-hydrogen) atoms. The fourth-order valence-electron chi connectivity index (χ4n) is 9.52. The second kappa shape index (κ2) is 11.5. The van der Waals surface area contributed by atoms with Crippen LogP contribution in [0.3, 0.4) is 0 Å². The number of fused-ring (bicyclic) bond motifs is 11. The summed E-state index contributed by atoms with van der Waals surface area (Å²) in [4.78, 5) is 2.42. The molecule has 11 aromatic rings. The highest BCUT2D eigenvalue weighted by Crippen LogP contribution is 2.52. The maximum atomic E-state index is 6.96. The van der Waals surface area contributed by atoms with Gasteiger partial charge >= 0.3 is 0 Å². The van der Waals surface area contributed by atoms with Crippen molar-refractivity contribution >= 4 is 82.5 Å². The van der Waals surface area contributed by atoms with E-state index in [9.17, 15) is 0 Å². The van der Waals surface area contributed by atoms with Crippen molar-refractivity contribution in [3.8, 4) is 22.3 Å². The molecule has 2 heterocycles. The summed E-state index contributed by atoms with van der Waals surface area (Å²) in [7, 11) is 0. The third kappa shape index (κ3) is 4.40. The summed E-state index contributed by atoms with van der Waals surface area (Å²) in [6, 6.07) is 63.5. The summed E-state index contributed by atoms with van der Waals surface area (Å²) >= 11 is 0. The highest BCUT2D eigenvalue weighted by Gasteiger charge is 2.36. The maximum absolute atomic E-state index is 6.96. The number of para-hydroxylation sites is 1. The predicted octanol–water partition coefficient (Wildman–Crippen LogP) is 15.2. The Morgan fingerprint density at radius 1 is 0.429 bits per heavy atom. The highest BCUT2D eigenvalue weighted by molar-refractivity contribution is 6.24. The van der Waals surface area contributed by atoms with Crippen LogP contribution in [0.15, 0.2) is 185 Å². The summed E-state index contributed by atoms with van der Waals surface area (Å²) in [5.41, 5.74) is 14.1. The molecule has 1 aliphatic carbocycles. The van der Waals surface area contributed by atoms with E-state index in [-0.39, 0.29) is 5.41 Å². The molecule has 0 fully saturated rings. The molecular weight excluding hydrogens is 683 g/mol. The molecule has 0 spiro atoms. The summed E-state index contributed by atoms with van der Waals surface area (Å²) < 4.78 is 13.6. The molecule has 0 saturated heterocycles. The first-order chi connectivity index (χ1) is 27.5. The predicted molar refractivity (Wildman–Crippen MR) is 234 cm³/mol. The third-order valence-electron chi connectivity index (χ3n) is 12.2. The number of furan rings is 2. The standard InChI is InChI=1S/C53H35NO2/c1-53(2)44-19-9-7-17-39(44)40-26-24-37(30-45(40)53)54(46-20-11-15-33-13-5-6-16-38(33)46)36-25-27-48-42(29-36)43-31-49-51(41-18-8-10-21-47(41)55-49)50(52(43)56-48)35-23-22-32-12-3-4-14-34(32)28-35/h3-31H,1-2H3.